The van der Waals surface area contributed by atoms with Crippen LogP contribution in [-0.4, -0.2) is 31.2 Å². The van der Waals surface area contributed by atoms with Crippen molar-refractivity contribution in [1.29, 1.82) is 0 Å². The zero-order valence-electron chi connectivity index (χ0n) is 9.79. The second-order valence-corrected chi connectivity index (χ2v) is 3.99. The summed E-state index contributed by atoms with van der Waals surface area (Å²) < 4.78 is 0. The molecular formula is C13H10N4O2. The Kier molecular flexibility index (Phi) is 2.60. The third-order valence-electron chi connectivity index (χ3n) is 2.76. The monoisotopic (exact) mass is 254 g/mol. The molecule has 1 aromatic carbocycles. The fraction of sp³-hybridized carbons (Fsp3) is 0. The lowest BCUT2D eigenvalue weighted by Gasteiger charge is -1.99. The Balaban J connectivity index is 1.91. The molecule has 0 fully saturated rings. The summed E-state index contributed by atoms with van der Waals surface area (Å²) in [5.74, 6) is -0.231. The van der Waals surface area contributed by atoms with Crippen molar-refractivity contribution in [2.75, 3.05) is 0 Å². The second kappa shape index (κ2) is 4.41. The Labute approximate surface area is 108 Å². The number of carboxylic acid groups (broad SMARTS) is 1. The molecule has 0 atom stereocenters. The summed E-state index contributed by atoms with van der Waals surface area (Å²) in [4.78, 5) is 18.0. The van der Waals surface area contributed by atoms with Crippen LogP contribution in [0.1, 0.15) is 10.5 Å². The van der Waals surface area contributed by atoms with Gasteiger partial charge in [-0.05, 0) is 6.07 Å². The van der Waals surface area contributed by atoms with E-state index in [0.717, 1.165) is 17.0 Å². The molecule has 0 radical (unpaired) electrons. The number of imidazole rings is 1. The molecule has 3 rings (SSSR count). The molecule has 3 N–H and O–H groups in total. The number of benzene rings is 1. The van der Waals surface area contributed by atoms with Crippen LogP contribution in [0.5, 0.6) is 0 Å². The van der Waals surface area contributed by atoms with E-state index in [-0.39, 0.29) is 5.69 Å². The molecule has 0 aliphatic rings. The van der Waals surface area contributed by atoms with Gasteiger partial charge in [0.05, 0.1) is 5.69 Å². The molecule has 0 saturated heterocycles. The van der Waals surface area contributed by atoms with E-state index in [4.69, 9.17) is 5.11 Å². The van der Waals surface area contributed by atoms with E-state index in [9.17, 15) is 4.79 Å². The highest BCUT2D eigenvalue weighted by Gasteiger charge is 2.09. The van der Waals surface area contributed by atoms with Crippen molar-refractivity contribution in [2.24, 2.45) is 0 Å². The Morgan fingerprint density at radius 1 is 1.16 bits per heavy atom. The van der Waals surface area contributed by atoms with Gasteiger partial charge in [0.15, 0.2) is 0 Å². The molecule has 2 heterocycles. The Hall–Kier alpha value is -2.89. The first kappa shape index (κ1) is 11.2. The Morgan fingerprint density at radius 3 is 2.47 bits per heavy atom. The number of hydrogen-bond acceptors (Lipinski definition) is 3. The van der Waals surface area contributed by atoms with Crippen molar-refractivity contribution in [3.63, 3.8) is 0 Å². The highest BCUT2D eigenvalue weighted by Crippen LogP contribution is 2.21. The topological polar surface area (TPSA) is 94.7 Å². The molecule has 94 valence electrons. The lowest BCUT2D eigenvalue weighted by atomic mass is 10.1. The predicted molar refractivity (Wildman–Crippen MR) is 68.6 cm³/mol. The van der Waals surface area contributed by atoms with Crippen LogP contribution in [0.3, 0.4) is 0 Å². The lowest BCUT2D eigenvalue weighted by Crippen LogP contribution is -1.95. The average molecular weight is 254 g/mol. The number of nitrogens with zero attached hydrogens (tertiary/aromatic N) is 2. The minimum Gasteiger partial charge on any atom is -0.477 e. The first-order valence-electron chi connectivity index (χ1n) is 5.63. The third-order valence-corrected chi connectivity index (χ3v) is 2.76. The van der Waals surface area contributed by atoms with E-state index in [0.29, 0.717) is 5.69 Å². The normalized spacial score (nSPS) is 10.5. The van der Waals surface area contributed by atoms with Gasteiger partial charge in [0, 0.05) is 23.5 Å². The number of carboxylic acids is 1. The molecule has 0 aliphatic heterocycles. The van der Waals surface area contributed by atoms with Crippen LogP contribution < -0.4 is 0 Å². The van der Waals surface area contributed by atoms with Crippen molar-refractivity contribution in [1.82, 2.24) is 20.2 Å². The third kappa shape index (κ3) is 2.11. The number of aromatic carboxylic acids is 1. The number of rotatable bonds is 3. The molecule has 6 heteroatoms. The van der Waals surface area contributed by atoms with Crippen LogP contribution in [0.25, 0.3) is 22.6 Å². The van der Waals surface area contributed by atoms with Crippen molar-refractivity contribution in [3.8, 4) is 22.6 Å². The Bertz CT molecular complexity index is 699. The zero-order valence-corrected chi connectivity index (χ0v) is 9.79. The number of aromatic nitrogens is 4. The molecule has 3 aromatic rings. The standard InChI is InChI=1S/C13H10N4O2/c18-13(19)11-7-10(16-17-11)8-1-3-9(4-2-8)12-14-5-6-15-12/h1-7H,(H,14,15)(H,16,17)(H,18,19). The molecule has 0 amide bonds. The van der Waals surface area contributed by atoms with E-state index in [1.54, 1.807) is 12.4 Å². The molecule has 0 bridgehead atoms. The largest absolute Gasteiger partial charge is 0.477 e. The van der Waals surface area contributed by atoms with Crippen molar-refractivity contribution in [2.45, 2.75) is 0 Å². The van der Waals surface area contributed by atoms with Gasteiger partial charge in [0.25, 0.3) is 0 Å². The van der Waals surface area contributed by atoms with Gasteiger partial charge in [0.2, 0.25) is 0 Å². The average Bonchev–Trinajstić information content (AvgIpc) is 3.11. The fourth-order valence-corrected chi connectivity index (χ4v) is 1.80. The summed E-state index contributed by atoms with van der Waals surface area (Å²) in [6.07, 6.45) is 3.45. The highest BCUT2D eigenvalue weighted by molar-refractivity contribution is 5.86. The molecule has 6 nitrogen and oxygen atoms in total. The van der Waals surface area contributed by atoms with Gasteiger partial charge < -0.3 is 10.1 Å². The Morgan fingerprint density at radius 2 is 1.89 bits per heavy atom. The predicted octanol–water partition coefficient (Wildman–Crippen LogP) is 2.16. The molecule has 0 saturated carbocycles. The maximum absolute atomic E-state index is 10.8. The molecule has 0 spiro atoms. The van der Waals surface area contributed by atoms with Crippen LogP contribution in [0.15, 0.2) is 42.7 Å². The number of H-pyrrole nitrogens is 2. The molecular weight excluding hydrogens is 244 g/mol. The number of aromatic amines is 2. The van der Waals surface area contributed by atoms with Crippen LogP contribution in [-0.2, 0) is 0 Å². The van der Waals surface area contributed by atoms with Gasteiger partial charge in [-0.1, -0.05) is 24.3 Å². The highest BCUT2D eigenvalue weighted by atomic mass is 16.4. The second-order valence-electron chi connectivity index (χ2n) is 3.99. The van der Waals surface area contributed by atoms with Crippen molar-refractivity contribution < 1.29 is 9.90 Å². The van der Waals surface area contributed by atoms with E-state index in [2.05, 4.69) is 20.2 Å². The SMILES string of the molecule is O=C(O)c1cc(-c2ccc(-c3ncc[nH]3)cc2)n[nH]1. The van der Waals surface area contributed by atoms with Crippen LogP contribution >= 0.6 is 0 Å². The van der Waals surface area contributed by atoms with Crippen LogP contribution in [0, 0.1) is 0 Å². The zero-order chi connectivity index (χ0) is 13.2. The summed E-state index contributed by atoms with van der Waals surface area (Å²) >= 11 is 0. The van der Waals surface area contributed by atoms with E-state index >= 15 is 0 Å². The fourth-order valence-electron chi connectivity index (χ4n) is 1.80. The van der Waals surface area contributed by atoms with Crippen molar-refractivity contribution >= 4 is 5.97 Å². The molecule has 2 aromatic heterocycles. The van der Waals surface area contributed by atoms with Crippen molar-refractivity contribution in [3.05, 3.63) is 48.4 Å². The summed E-state index contributed by atoms with van der Waals surface area (Å²) in [5, 5.41) is 15.3. The van der Waals surface area contributed by atoms with Gasteiger partial charge in [-0.2, -0.15) is 5.10 Å². The number of hydrogen-bond donors (Lipinski definition) is 3. The van der Waals surface area contributed by atoms with Gasteiger partial charge >= 0.3 is 5.97 Å². The summed E-state index contributed by atoms with van der Waals surface area (Å²) in [6.45, 7) is 0. The molecule has 0 aliphatic carbocycles. The van der Waals surface area contributed by atoms with Gasteiger partial charge in [-0.15, -0.1) is 0 Å². The van der Waals surface area contributed by atoms with Gasteiger partial charge in [-0.25, -0.2) is 9.78 Å². The molecule has 0 unspecified atom stereocenters. The number of carbonyl (C=O) groups is 1. The summed E-state index contributed by atoms with van der Waals surface area (Å²) in [6, 6.07) is 9.07. The maximum atomic E-state index is 10.8. The van der Waals surface area contributed by atoms with E-state index in [1.807, 2.05) is 24.3 Å². The van der Waals surface area contributed by atoms with Gasteiger partial charge in [0.1, 0.15) is 11.5 Å². The quantitative estimate of drug-likeness (QED) is 0.667. The van der Waals surface area contributed by atoms with Crippen LogP contribution in [0.4, 0.5) is 0 Å². The van der Waals surface area contributed by atoms with E-state index in [1.165, 1.54) is 6.07 Å². The first-order valence-corrected chi connectivity index (χ1v) is 5.63. The van der Waals surface area contributed by atoms with E-state index < -0.39 is 5.97 Å². The minimum absolute atomic E-state index is 0.0742. The maximum Gasteiger partial charge on any atom is 0.353 e. The van der Waals surface area contributed by atoms with Gasteiger partial charge in [-0.3, -0.25) is 5.10 Å². The smallest absolute Gasteiger partial charge is 0.353 e. The first-order chi connectivity index (χ1) is 9.24. The number of nitrogens with one attached hydrogen (secondary N) is 2. The molecule has 19 heavy (non-hydrogen) atoms. The van der Waals surface area contributed by atoms with Crippen LogP contribution in [0.2, 0.25) is 0 Å². The minimum atomic E-state index is -1.02. The summed E-state index contributed by atoms with van der Waals surface area (Å²) in [5.41, 5.74) is 2.48. The lowest BCUT2D eigenvalue weighted by molar-refractivity contribution is 0.0690. The summed E-state index contributed by atoms with van der Waals surface area (Å²) in [7, 11) is 0.